The number of hydrogen-bond donors (Lipinski definition) is 1. The molecule has 0 saturated carbocycles. The Labute approximate surface area is 188 Å². The van der Waals surface area contributed by atoms with Gasteiger partial charge in [0, 0.05) is 28.8 Å². The number of furan rings is 1. The van der Waals surface area contributed by atoms with Crippen molar-refractivity contribution in [1.29, 1.82) is 0 Å². The van der Waals surface area contributed by atoms with Gasteiger partial charge >= 0.3 is 5.97 Å². The van der Waals surface area contributed by atoms with Gasteiger partial charge in [-0.25, -0.2) is 4.79 Å². The van der Waals surface area contributed by atoms with Crippen LogP contribution in [0.1, 0.15) is 53.9 Å². The lowest BCUT2D eigenvalue weighted by molar-refractivity contribution is -0.111. The number of anilines is 1. The highest BCUT2D eigenvalue weighted by atomic mass is 16.5. The number of unbranched alkanes of at least 4 members (excludes halogenated alkanes) is 1. The van der Waals surface area contributed by atoms with Crippen LogP contribution in [-0.4, -0.2) is 25.6 Å². The van der Waals surface area contributed by atoms with E-state index in [1.807, 2.05) is 39.8 Å². The van der Waals surface area contributed by atoms with Crippen molar-refractivity contribution in [3.63, 3.8) is 0 Å². The van der Waals surface area contributed by atoms with Gasteiger partial charge in [-0.2, -0.15) is 0 Å². The van der Waals surface area contributed by atoms with Crippen LogP contribution in [0.3, 0.4) is 0 Å². The number of carbonyl (C=O) groups excluding carboxylic acids is 2. The van der Waals surface area contributed by atoms with E-state index in [9.17, 15) is 9.59 Å². The number of fused-ring (bicyclic) bond motifs is 1. The van der Waals surface area contributed by atoms with E-state index in [4.69, 9.17) is 13.9 Å². The molecule has 1 amide bonds. The molecule has 6 heteroatoms. The highest BCUT2D eigenvalue weighted by Crippen LogP contribution is 2.34. The maximum Gasteiger partial charge on any atom is 0.338 e. The quantitative estimate of drug-likeness (QED) is 0.264. The van der Waals surface area contributed by atoms with Gasteiger partial charge in [-0.05, 0) is 68.7 Å². The number of amides is 1. The van der Waals surface area contributed by atoms with Gasteiger partial charge < -0.3 is 19.2 Å². The molecule has 0 aliphatic rings. The lowest BCUT2D eigenvalue weighted by atomic mass is 10.0. The van der Waals surface area contributed by atoms with Gasteiger partial charge in [0.25, 0.3) is 0 Å². The largest absolute Gasteiger partial charge is 0.496 e. The average Bonchev–Trinajstić information content (AvgIpc) is 3.06. The number of esters is 1. The molecule has 168 valence electrons. The van der Waals surface area contributed by atoms with Gasteiger partial charge in [0.15, 0.2) is 0 Å². The summed E-state index contributed by atoms with van der Waals surface area (Å²) in [5, 5.41) is 3.82. The molecule has 0 unspecified atom stereocenters. The van der Waals surface area contributed by atoms with E-state index in [-0.39, 0.29) is 11.9 Å². The van der Waals surface area contributed by atoms with Crippen molar-refractivity contribution in [2.24, 2.45) is 0 Å². The molecular weight excluding hydrogens is 406 g/mol. The van der Waals surface area contributed by atoms with Crippen molar-refractivity contribution in [3.8, 4) is 5.75 Å². The van der Waals surface area contributed by atoms with E-state index in [1.165, 1.54) is 6.08 Å². The Hall–Kier alpha value is -3.54. The Bertz CT molecular complexity index is 1160. The zero-order valence-electron chi connectivity index (χ0n) is 19.2. The van der Waals surface area contributed by atoms with Gasteiger partial charge in [0.1, 0.15) is 17.1 Å². The zero-order chi connectivity index (χ0) is 23.3. The van der Waals surface area contributed by atoms with E-state index >= 15 is 0 Å². The van der Waals surface area contributed by atoms with Crippen molar-refractivity contribution in [1.82, 2.24) is 0 Å². The molecule has 1 aromatic heterocycles. The predicted molar refractivity (Wildman–Crippen MR) is 126 cm³/mol. The number of rotatable bonds is 8. The summed E-state index contributed by atoms with van der Waals surface area (Å²) in [6.07, 6.45) is 3.33. The molecule has 2 aromatic carbocycles. The van der Waals surface area contributed by atoms with E-state index < -0.39 is 0 Å². The highest BCUT2D eigenvalue weighted by Gasteiger charge is 2.14. The summed E-state index contributed by atoms with van der Waals surface area (Å²) >= 11 is 0. The summed E-state index contributed by atoms with van der Waals surface area (Å²) in [6, 6.07) is 10.5. The first-order valence-electron chi connectivity index (χ1n) is 10.7. The van der Waals surface area contributed by atoms with Crippen molar-refractivity contribution in [2.75, 3.05) is 19.0 Å². The number of nitrogens with one attached hydrogen (secondary N) is 1. The minimum absolute atomic E-state index is 0.275. The van der Waals surface area contributed by atoms with Gasteiger partial charge in [0.05, 0.1) is 19.3 Å². The van der Waals surface area contributed by atoms with Crippen LogP contribution in [0.25, 0.3) is 16.5 Å². The Morgan fingerprint density at radius 1 is 1.12 bits per heavy atom. The molecule has 1 heterocycles. The first-order valence-corrected chi connectivity index (χ1v) is 10.7. The third kappa shape index (κ3) is 5.19. The molecule has 0 bridgehead atoms. The normalized spacial score (nSPS) is 11.5. The second kappa shape index (κ2) is 10.2. The summed E-state index contributed by atoms with van der Waals surface area (Å²) in [6.45, 7) is 8.24. The molecule has 0 aliphatic carbocycles. The summed E-state index contributed by atoms with van der Waals surface area (Å²) < 4.78 is 16.5. The Balaban J connectivity index is 1.74. The number of ether oxygens (including phenoxy) is 2. The Morgan fingerprint density at radius 3 is 2.50 bits per heavy atom. The monoisotopic (exact) mass is 435 g/mol. The maximum absolute atomic E-state index is 12.6. The number of methoxy groups -OCH3 is 1. The van der Waals surface area contributed by atoms with E-state index in [1.54, 1.807) is 31.4 Å². The molecule has 3 aromatic rings. The second-order valence-corrected chi connectivity index (χ2v) is 7.72. The Kier molecular flexibility index (Phi) is 7.36. The standard InChI is InChI=1S/C26H29NO5/c1-6-7-12-31-26(29)19-8-10-20(11-9-19)27-25(28)13-16(2)21-14-22-17(3)18(4)32-24(22)15-23(21)30-5/h8-11,13-15H,6-7,12H2,1-5H3,(H,27,28)/b16-13+. The van der Waals surface area contributed by atoms with Crippen LogP contribution >= 0.6 is 0 Å². The lowest BCUT2D eigenvalue weighted by Crippen LogP contribution is -2.10. The summed E-state index contributed by atoms with van der Waals surface area (Å²) in [5.41, 5.74) is 4.45. The summed E-state index contributed by atoms with van der Waals surface area (Å²) in [7, 11) is 1.59. The minimum Gasteiger partial charge on any atom is -0.496 e. The Morgan fingerprint density at radius 2 is 1.84 bits per heavy atom. The molecule has 0 radical (unpaired) electrons. The number of carbonyl (C=O) groups is 2. The fraction of sp³-hybridized carbons (Fsp3) is 0.308. The molecule has 0 spiro atoms. The lowest BCUT2D eigenvalue weighted by Gasteiger charge is -2.10. The third-order valence-electron chi connectivity index (χ3n) is 5.39. The number of aryl methyl sites for hydroxylation is 2. The summed E-state index contributed by atoms with van der Waals surface area (Å²) in [5.74, 6) is 0.859. The molecule has 1 N–H and O–H groups in total. The third-order valence-corrected chi connectivity index (χ3v) is 5.39. The van der Waals surface area contributed by atoms with Crippen molar-refractivity contribution in [3.05, 3.63) is 64.9 Å². The molecule has 3 rings (SSSR count). The zero-order valence-corrected chi connectivity index (χ0v) is 19.2. The van der Waals surface area contributed by atoms with Crippen molar-refractivity contribution >= 4 is 34.1 Å². The number of allylic oxidation sites excluding steroid dienone is 1. The van der Waals surface area contributed by atoms with Crippen LogP contribution in [0.5, 0.6) is 5.75 Å². The van der Waals surface area contributed by atoms with Gasteiger partial charge in [-0.3, -0.25) is 4.79 Å². The second-order valence-electron chi connectivity index (χ2n) is 7.72. The number of hydrogen-bond acceptors (Lipinski definition) is 5. The fourth-order valence-electron chi connectivity index (χ4n) is 3.38. The van der Waals surface area contributed by atoms with Crippen LogP contribution in [0.15, 0.2) is 46.9 Å². The molecule has 0 aliphatic heterocycles. The minimum atomic E-state index is -0.362. The molecule has 0 saturated heterocycles. The average molecular weight is 436 g/mol. The molecule has 32 heavy (non-hydrogen) atoms. The fourth-order valence-corrected chi connectivity index (χ4v) is 3.38. The first-order chi connectivity index (χ1) is 15.3. The van der Waals surface area contributed by atoms with E-state index in [0.717, 1.165) is 46.3 Å². The van der Waals surface area contributed by atoms with Gasteiger partial charge in [-0.15, -0.1) is 0 Å². The summed E-state index contributed by atoms with van der Waals surface area (Å²) in [4.78, 5) is 24.6. The predicted octanol–water partition coefficient (Wildman–Crippen LogP) is 6.06. The maximum atomic E-state index is 12.6. The van der Waals surface area contributed by atoms with E-state index in [2.05, 4.69) is 5.32 Å². The topological polar surface area (TPSA) is 77.8 Å². The van der Waals surface area contributed by atoms with Crippen LogP contribution in [0, 0.1) is 13.8 Å². The van der Waals surface area contributed by atoms with Crippen LogP contribution in [-0.2, 0) is 9.53 Å². The molecule has 0 fully saturated rings. The first kappa shape index (κ1) is 23.1. The highest BCUT2D eigenvalue weighted by molar-refractivity contribution is 6.05. The molecule has 6 nitrogen and oxygen atoms in total. The van der Waals surface area contributed by atoms with Crippen molar-refractivity contribution in [2.45, 2.75) is 40.5 Å². The van der Waals surface area contributed by atoms with Crippen LogP contribution in [0.2, 0.25) is 0 Å². The SMILES string of the molecule is CCCCOC(=O)c1ccc(NC(=O)/C=C(\C)c2cc3c(C)c(C)oc3cc2OC)cc1. The smallest absolute Gasteiger partial charge is 0.338 e. The molecule has 0 atom stereocenters. The van der Waals surface area contributed by atoms with Crippen molar-refractivity contribution < 1.29 is 23.5 Å². The number of benzene rings is 2. The van der Waals surface area contributed by atoms with Crippen LogP contribution in [0.4, 0.5) is 5.69 Å². The molecular formula is C26H29NO5. The van der Waals surface area contributed by atoms with Gasteiger partial charge in [0.2, 0.25) is 5.91 Å². The van der Waals surface area contributed by atoms with Gasteiger partial charge in [-0.1, -0.05) is 13.3 Å². The van der Waals surface area contributed by atoms with E-state index in [0.29, 0.717) is 23.6 Å². The van der Waals surface area contributed by atoms with Crippen LogP contribution < -0.4 is 10.1 Å².